The first-order valence-corrected chi connectivity index (χ1v) is 24.1. The summed E-state index contributed by atoms with van der Waals surface area (Å²) in [5, 5.41) is 11.3. The van der Waals surface area contributed by atoms with Gasteiger partial charge < -0.3 is 35.5 Å². The van der Waals surface area contributed by atoms with Gasteiger partial charge in [-0.2, -0.15) is 0 Å². The van der Waals surface area contributed by atoms with Crippen LogP contribution in [0.1, 0.15) is 83.8 Å². The van der Waals surface area contributed by atoms with E-state index in [2.05, 4.69) is 66.3 Å². The fourth-order valence-corrected chi connectivity index (χ4v) is 10.2. The molecule has 2 aromatic heterocycles. The molecular formula is C48H61N6O6PS. The molecule has 12 nitrogen and oxygen atoms in total. The number of thiazole rings is 1. The number of unbranched alkanes of at least 4 members (excludes halogenated alkanes) is 3. The zero-order valence-electron chi connectivity index (χ0n) is 36.7. The molecule has 0 bridgehead atoms. The van der Waals surface area contributed by atoms with Gasteiger partial charge in [0.15, 0.2) is 10.6 Å². The molecule has 2 amide bonds. The van der Waals surface area contributed by atoms with Crippen molar-refractivity contribution in [2.24, 2.45) is 0 Å². The Balaban J connectivity index is 0.000000178. The van der Waals surface area contributed by atoms with Crippen LogP contribution in [0.4, 0.5) is 10.8 Å². The number of rotatable bonds is 16. The molecule has 14 heteroatoms. The van der Waals surface area contributed by atoms with Crippen molar-refractivity contribution in [1.29, 1.82) is 0 Å². The Hall–Kier alpha value is -5.45. The summed E-state index contributed by atoms with van der Waals surface area (Å²) < 4.78 is 18.1. The molecular weight excluding hydrogens is 820 g/mol. The minimum absolute atomic E-state index is 0.0298. The molecule has 2 unspecified atom stereocenters. The molecule has 62 heavy (non-hydrogen) atoms. The maximum Gasteiger partial charge on any atom is 0.242 e. The number of methoxy groups -OCH3 is 1. The third-order valence-electron chi connectivity index (χ3n) is 10.8. The number of H-pyrrole nitrogens is 1. The van der Waals surface area contributed by atoms with Crippen LogP contribution in [0.15, 0.2) is 106 Å². The molecule has 1 aliphatic carbocycles. The summed E-state index contributed by atoms with van der Waals surface area (Å²) in [5.74, 6) is 0.913. The summed E-state index contributed by atoms with van der Waals surface area (Å²) in [6.07, 6.45) is 9.47. The Morgan fingerprint density at radius 1 is 1.13 bits per heavy atom. The summed E-state index contributed by atoms with van der Waals surface area (Å²) in [6.45, 7) is 11.8. The molecule has 0 spiro atoms. The summed E-state index contributed by atoms with van der Waals surface area (Å²) in [7, 11) is -2.00. The first-order chi connectivity index (χ1) is 29.8. The highest BCUT2D eigenvalue weighted by Gasteiger charge is 2.62. The Morgan fingerprint density at radius 2 is 1.89 bits per heavy atom. The number of pyridine rings is 1. The number of likely N-dealkylation sites (tertiary alicyclic amines) is 1. The number of aromatic amines is 1. The van der Waals surface area contributed by atoms with E-state index in [-0.39, 0.29) is 17.5 Å². The van der Waals surface area contributed by atoms with Gasteiger partial charge in [-0.05, 0) is 89.3 Å². The quantitative estimate of drug-likeness (QED) is 0.0281. The molecule has 7 rings (SSSR count). The molecule has 1 saturated heterocycles. The molecule has 3 aromatic carbocycles. The van der Waals surface area contributed by atoms with Crippen molar-refractivity contribution in [2.75, 3.05) is 30.8 Å². The van der Waals surface area contributed by atoms with E-state index in [4.69, 9.17) is 4.74 Å². The monoisotopic (exact) mass is 880 g/mol. The van der Waals surface area contributed by atoms with Gasteiger partial charge in [0, 0.05) is 59.2 Å². The van der Waals surface area contributed by atoms with E-state index in [9.17, 15) is 23.8 Å². The number of fused-ring (bicyclic) bond motifs is 1. The summed E-state index contributed by atoms with van der Waals surface area (Å²) in [4.78, 5) is 55.5. The van der Waals surface area contributed by atoms with Gasteiger partial charge in [0.2, 0.25) is 19.7 Å². The highest BCUT2D eigenvalue weighted by atomic mass is 32.1. The zero-order valence-corrected chi connectivity index (χ0v) is 38.4. The predicted octanol–water partition coefficient (Wildman–Crippen LogP) is 9.86. The normalized spacial score (nSPS) is 17.4. The number of aromatic nitrogens is 2. The number of hydrogen-bond acceptors (Lipinski definition) is 9. The number of nitrogens with zero attached hydrogens (tertiary/aromatic N) is 2. The number of ether oxygens (including phenoxy) is 1. The fraction of sp³-hybridized carbons (Fsp3) is 0.396. The number of nitrogens with one attached hydrogen (secondary N) is 4. The topological polar surface area (TPSA) is 166 Å². The van der Waals surface area contributed by atoms with Crippen molar-refractivity contribution >= 4 is 52.7 Å². The molecule has 5 aromatic rings. The first-order valence-electron chi connectivity index (χ1n) is 21.3. The lowest BCUT2D eigenvalue weighted by Crippen LogP contribution is -2.37. The van der Waals surface area contributed by atoms with Crippen molar-refractivity contribution < 1.29 is 23.8 Å². The van der Waals surface area contributed by atoms with Crippen LogP contribution in [0.3, 0.4) is 0 Å². The van der Waals surface area contributed by atoms with E-state index >= 15 is 0 Å². The Bertz CT molecular complexity index is 2430. The smallest absolute Gasteiger partial charge is 0.242 e. The largest absolute Gasteiger partial charge is 0.497 e. The molecule has 1 aliphatic heterocycles. The number of amides is 2. The van der Waals surface area contributed by atoms with Crippen LogP contribution >= 0.6 is 18.7 Å². The SMILES string of the molecule is CCCCCC=C=C1C[C@]1(NC=O)P(=O)(O)Cc1ccccc1.COc1ccc2c(=O)cc(-c3csc(NC(C)C)n3)[nH]c2c1.Cc1ccc(NCC(=O)N2CCCC2C)cc1. The van der Waals surface area contributed by atoms with Gasteiger partial charge in [-0.3, -0.25) is 18.9 Å². The van der Waals surface area contributed by atoms with Crippen molar-refractivity contribution in [3.05, 3.63) is 123 Å². The van der Waals surface area contributed by atoms with E-state index in [1.807, 2.05) is 77.0 Å². The van der Waals surface area contributed by atoms with Crippen LogP contribution < -0.4 is 26.1 Å². The van der Waals surface area contributed by atoms with E-state index in [0.717, 1.165) is 78.2 Å². The lowest BCUT2D eigenvalue weighted by Gasteiger charge is -2.21. The number of benzene rings is 3. The van der Waals surface area contributed by atoms with Crippen LogP contribution in [-0.4, -0.2) is 69.6 Å². The summed E-state index contributed by atoms with van der Waals surface area (Å²) >= 11 is 1.52. The number of aryl methyl sites for hydroxylation is 1. The molecule has 3 atom stereocenters. The molecule has 5 N–H and O–H groups in total. The summed E-state index contributed by atoms with van der Waals surface area (Å²) in [6, 6.07) is 25.0. The third kappa shape index (κ3) is 13.0. The maximum absolute atomic E-state index is 12.9. The minimum Gasteiger partial charge on any atom is -0.497 e. The molecule has 2 fully saturated rings. The van der Waals surface area contributed by atoms with Crippen LogP contribution in [0.25, 0.3) is 22.3 Å². The van der Waals surface area contributed by atoms with Crippen molar-refractivity contribution in [1.82, 2.24) is 20.2 Å². The predicted molar refractivity (Wildman–Crippen MR) is 253 cm³/mol. The van der Waals surface area contributed by atoms with E-state index in [1.54, 1.807) is 25.3 Å². The third-order valence-corrected chi connectivity index (χ3v) is 14.1. The average Bonchev–Trinajstić information content (AvgIpc) is 3.51. The molecule has 0 radical (unpaired) electrons. The molecule has 330 valence electrons. The van der Waals surface area contributed by atoms with Gasteiger partial charge in [-0.15, -0.1) is 17.1 Å². The number of carbonyl (C=O) groups excluding carboxylic acids is 2. The van der Waals surface area contributed by atoms with E-state index in [1.165, 1.54) is 16.9 Å². The van der Waals surface area contributed by atoms with E-state index < -0.39 is 12.6 Å². The lowest BCUT2D eigenvalue weighted by molar-refractivity contribution is -0.129. The van der Waals surface area contributed by atoms with Gasteiger partial charge in [0.25, 0.3) is 0 Å². The van der Waals surface area contributed by atoms with Gasteiger partial charge in [0.05, 0.1) is 36.7 Å². The van der Waals surface area contributed by atoms with Gasteiger partial charge in [-0.25, -0.2) is 4.98 Å². The van der Waals surface area contributed by atoms with Crippen LogP contribution in [0.2, 0.25) is 0 Å². The van der Waals surface area contributed by atoms with Gasteiger partial charge in [-0.1, -0.05) is 67.8 Å². The molecule has 3 heterocycles. The fourth-order valence-electron chi connectivity index (χ4n) is 7.17. The number of carbonyl (C=O) groups is 2. The van der Waals surface area contributed by atoms with Crippen molar-refractivity contribution in [3.63, 3.8) is 0 Å². The Labute approximate surface area is 369 Å². The number of anilines is 2. The van der Waals surface area contributed by atoms with E-state index in [0.29, 0.717) is 48.3 Å². The lowest BCUT2D eigenvalue weighted by atomic mass is 10.1. The van der Waals surface area contributed by atoms with Gasteiger partial charge in [0.1, 0.15) is 11.0 Å². The van der Waals surface area contributed by atoms with Crippen LogP contribution in [0.5, 0.6) is 5.75 Å². The average molecular weight is 881 g/mol. The number of hydrogen-bond donors (Lipinski definition) is 5. The second-order valence-corrected chi connectivity index (χ2v) is 19.4. The highest BCUT2D eigenvalue weighted by molar-refractivity contribution is 7.59. The minimum atomic E-state index is -3.60. The zero-order chi connectivity index (χ0) is 44.7. The molecule has 2 aliphatic rings. The highest BCUT2D eigenvalue weighted by Crippen LogP contribution is 2.69. The summed E-state index contributed by atoms with van der Waals surface area (Å²) in [5.41, 5.74) is 9.06. The van der Waals surface area contributed by atoms with Crippen LogP contribution in [0, 0.1) is 6.92 Å². The second-order valence-electron chi connectivity index (χ2n) is 16.1. The first kappa shape index (κ1) is 47.6. The van der Waals surface area contributed by atoms with Gasteiger partial charge >= 0.3 is 0 Å². The Kier molecular flexibility index (Phi) is 17.3. The Morgan fingerprint density at radius 3 is 2.55 bits per heavy atom. The second kappa shape index (κ2) is 22.6. The van der Waals surface area contributed by atoms with Crippen molar-refractivity contribution in [2.45, 2.75) is 103 Å². The maximum atomic E-state index is 12.9. The van der Waals surface area contributed by atoms with Crippen LogP contribution in [-0.2, 0) is 20.3 Å². The molecule has 1 saturated carbocycles. The van der Waals surface area contributed by atoms with Crippen molar-refractivity contribution in [3.8, 4) is 17.1 Å². The standard InChI is InChI=1S/C18H24NO3P.C16H17N3O2S.C14H20N2O/c1-2-3-4-5-9-12-17-13-18(17,19-15-20)23(21,22)14-16-10-7-6-8-11-16;1-9(2)17-16-19-14(8-22-16)13-7-15(20)11-5-4-10(21-3)6-12(11)18-13;1-11-5-7-13(8-6-11)15-10-14(17)16-9-3-4-12(16)2/h6-11,15H,2-5,13-14H2,1H3,(H,19,20)(H,21,22);4-9H,1-3H3,(H,17,19)(H,18,20);5-8,12,15H,3-4,9-10H2,1-2H3/t12?,18-;;/m0../s1.